The summed E-state index contributed by atoms with van der Waals surface area (Å²) in [6, 6.07) is 2.65. The molecule has 0 saturated carbocycles. The van der Waals surface area contributed by atoms with Gasteiger partial charge in [-0.1, -0.05) is 0 Å². The van der Waals surface area contributed by atoms with E-state index in [0.29, 0.717) is 30.2 Å². The number of halogens is 3. The standard InChI is InChI=1S/C21H23F3N8O3/c1-12(2)31-6-7-32(20(31)34)17-14(9-30(3)29-17)27-18(33)15-10-35-19(28-15)13-4-5-25-16(8-13)26-11-21(22,23)24/h4-5,8-10,12H,6-7,11H2,1-3H3,(H,25,26)(H,27,33). The number of oxazole rings is 1. The van der Waals surface area contributed by atoms with E-state index in [-0.39, 0.29) is 29.5 Å². The zero-order valence-corrected chi connectivity index (χ0v) is 19.1. The summed E-state index contributed by atoms with van der Waals surface area (Å²) in [4.78, 5) is 36.8. The number of hydrogen-bond donors (Lipinski definition) is 2. The molecule has 0 radical (unpaired) electrons. The Hall–Kier alpha value is -4.10. The van der Waals surface area contributed by atoms with Crippen molar-refractivity contribution < 1.29 is 27.2 Å². The van der Waals surface area contributed by atoms with Crippen molar-refractivity contribution in [1.29, 1.82) is 0 Å². The van der Waals surface area contributed by atoms with Crippen LogP contribution in [0.15, 0.2) is 35.2 Å². The van der Waals surface area contributed by atoms with Crippen molar-refractivity contribution in [1.82, 2.24) is 24.6 Å². The van der Waals surface area contributed by atoms with Crippen molar-refractivity contribution in [2.45, 2.75) is 26.1 Å². The van der Waals surface area contributed by atoms with E-state index in [1.807, 2.05) is 13.8 Å². The van der Waals surface area contributed by atoms with E-state index in [9.17, 15) is 22.8 Å². The second kappa shape index (κ2) is 9.27. The fourth-order valence-electron chi connectivity index (χ4n) is 3.54. The fraction of sp³-hybridized carbons (Fsp3) is 0.381. The number of carbonyl (C=O) groups is 2. The molecule has 1 saturated heterocycles. The molecule has 2 N–H and O–H groups in total. The van der Waals surface area contributed by atoms with Gasteiger partial charge in [0.1, 0.15) is 24.3 Å². The van der Waals surface area contributed by atoms with Crippen LogP contribution in [-0.2, 0) is 7.05 Å². The number of aromatic nitrogens is 4. The van der Waals surface area contributed by atoms with Crippen LogP contribution >= 0.6 is 0 Å². The molecule has 0 atom stereocenters. The monoisotopic (exact) mass is 492 g/mol. The summed E-state index contributed by atoms with van der Waals surface area (Å²) in [5, 5.41) is 9.19. The molecule has 11 nitrogen and oxygen atoms in total. The molecule has 14 heteroatoms. The highest BCUT2D eigenvalue weighted by atomic mass is 19.4. The van der Waals surface area contributed by atoms with Gasteiger partial charge in [-0.15, -0.1) is 0 Å². The van der Waals surface area contributed by atoms with Gasteiger partial charge in [0.2, 0.25) is 5.89 Å². The molecule has 3 aromatic rings. The number of nitrogens with zero attached hydrogens (tertiary/aromatic N) is 6. The Morgan fingerprint density at radius 1 is 1.29 bits per heavy atom. The lowest BCUT2D eigenvalue weighted by Gasteiger charge is -2.21. The minimum absolute atomic E-state index is 0.0187. The van der Waals surface area contributed by atoms with E-state index in [2.05, 4.69) is 25.7 Å². The maximum absolute atomic E-state index is 12.8. The predicted molar refractivity (Wildman–Crippen MR) is 120 cm³/mol. The fourth-order valence-corrected chi connectivity index (χ4v) is 3.54. The molecular formula is C21H23F3N8O3. The van der Waals surface area contributed by atoms with Crippen molar-refractivity contribution in [2.24, 2.45) is 7.05 Å². The van der Waals surface area contributed by atoms with Gasteiger partial charge in [-0.25, -0.2) is 14.8 Å². The van der Waals surface area contributed by atoms with E-state index in [1.165, 1.54) is 27.9 Å². The third kappa shape index (κ3) is 5.36. The first-order valence-electron chi connectivity index (χ1n) is 10.7. The van der Waals surface area contributed by atoms with Crippen LogP contribution in [0.5, 0.6) is 0 Å². The average molecular weight is 492 g/mol. The average Bonchev–Trinajstić information content (AvgIpc) is 3.50. The molecule has 0 aliphatic carbocycles. The first-order chi connectivity index (χ1) is 16.5. The highest BCUT2D eigenvalue weighted by Gasteiger charge is 2.34. The second-order valence-electron chi connectivity index (χ2n) is 8.15. The van der Waals surface area contributed by atoms with E-state index in [0.717, 1.165) is 6.26 Å². The minimum atomic E-state index is -4.40. The Kier molecular flexibility index (Phi) is 6.37. The highest BCUT2D eigenvalue weighted by Crippen LogP contribution is 2.29. The number of alkyl halides is 3. The maximum atomic E-state index is 12.8. The van der Waals surface area contributed by atoms with Crippen LogP contribution in [-0.4, -0.2) is 68.4 Å². The van der Waals surface area contributed by atoms with E-state index in [4.69, 9.17) is 4.42 Å². The van der Waals surface area contributed by atoms with Crippen LogP contribution in [0.3, 0.4) is 0 Å². The smallest absolute Gasteiger partial charge is 0.405 e. The topological polar surface area (TPSA) is 121 Å². The first kappa shape index (κ1) is 24.0. The Morgan fingerprint density at radius 2 is 2.06 bits per heavy atom. The Bertz CT molecular complexity index is 1240. The molecule has 0 unspecified atom stereocenters. The summed E-state index contributed by atoms with van der Waals surface area (Å²) in [5.74, 6) is -0.283. The number of nitrogens with one attached hydrogen (secondary N) is 2. The third-order valence-electron chi connectivity index (χ3n) is 5.19. The molecule has 35 heavy (non-hydrogen) atoms. The van der Waals surface area contributed by atoms with Crippen molar-refractivity contribution in [2.75, 3.05) is 35.2 Å². The summed E-state index contributed by atoms with van der Waals surface area (Å²) in [7, 11) is 1.67. The van der Waals surface area contributed by atoms with Crippen LogP contribution < -0.4 is 15.5 Å². The first-order valence-corrected chi connectivity index (χ1v) is 10.7. The number of carbonyl (C=O) groups excluding carboxylic acids is 2. The predicted octanol–water partition coefficient (Wildman–Crippen LogP) is 3.35. The largest absolute Gasteiger partial charge is 0.444 e. The van der Waals surface area contributed by atoms with Crippen molar-refractivity contribution in [3.05, 3.63) is 36.5 Å². The van der Waals surface area contributed by atoms with Crippen LogP contribution in [0.4, 0.5) is 35.3 Å². The lowest BCUT2D eigenvalue weighted by Crippen LogP contribution is -2.36. The van der Waals surface area contributed by atoms with E-state index in [1.54, 1.807) is 18.1 Å². The molecule has 1 aliphatic rings. The maximum Gasteiger partial charge on any atom is 0.405 e. The SMILES string of the molecule is CC(C)N1CCN(c2nn(C)cc2NC(=O)c2coc(-c3ccnc(NCC(F)(F)F)c3)n2)C1=O. The van der Waals surface area contributed by atoms with Gasteiger partial charge in [0.15, 0.2) is 11.5 Å². The van der Waals surface area contributed by atoms with Gasteiger partial charge in [0, 0.05) is 37.9 Å². The summed E-state index contributed by atoms with van der Waals surface area (Å²) >= 11 is 0. The molecule has 4 rings (SSSR count). The van der Waals surface area contributed by atoms with Gasteiger partial charge < -0.3 is 20.0 Å². The zero-order valence-electron chi connectivity index (χ0n) is 19.1. The van der Waals surface area contributed by atoms with Crippen molar-refractivity contribution in [3.8, 4) is 11.5 Å². The molecular weight excluding hydrogens is 469 g/mol. The van der Waals surface area contributed by atoms with Gasteiger partial charge in [0.05, 0.1) is 6.20 Å². The van der Waals surface area contributed by atoms with Gasteiger partial charge >= 0.3 is 12.2 Å². The van der Waals surface area contributed by atoms with Gasteiger partial charge in [-0.2, -0.15) is 18.3 Å². The van der Waals surface area contributed by atoms with Gasteiger partial charge in [-0.05, 0) is 26.0 Å². The number of pyridine rings is 1. The van der Waals surface area contributed by atoms with Crippen LogP contribution in [0.25, 0.3) is 11.5 Å². The number of urea groups is 1. The summed E-state index contributed by atoms with van der Waals surface area (Å²) < 4.78 is 44.2. The molecule has 0 spiro atoms. The molecule has 0 bridgehead atoms. The van der Waals surface area contributed by atoms with Crippen LogP contribution in [0.2, 0.25) is 0 Å². The molecule has 3 amide bonds. The zero-order chi connectivity index (χ0) is 25.3. The molecule has 1 fully saturated rings. The number of rotatable bonds is 7. The summed E-state index contributed by atoms with van der Waals surface area (Å²) in [6.45, 7) is 3.56. The van der Waals surface area contributed by atoms with Gasteiger partial charge in [0.25, 0.3) is 5.91 Å². The third-order valence-corrected chi connectivity index (χ3v) is 5.19. The molecule has 0 aromatic carbocycles. The second-order valence-corrected chi connectivity index (χ2v) is 8.15. The molecule has 3 aromatic heterocycles. The van der Waals surface area contributed by atoms with Gasteiger partial charge in [-0.3, -0.25) is 14.4 Å². The number of amides is 3. The number of aryl methyl sites for hydroxylation is 1. The van der Waals surface area contributed by atoms with Crippen LogP contribution in [0.1, 0.15) is 24.3 Å². The van der Waals surface area contributed by atoms with E-state index < -0.39 is 18.6 Å². The quantitative estimate of drug-likeness (QED) is 0.519. The van der Waals surface area contributed by atoms with E-state index >= 15 is 0 Å². The number of hydrogen-bond acceptors (Lipinski definition) is 7. The Balaban J connectivity index is 1.49. The van der Waals surface area contributed by atoms with Crippen molar-refractivity contribution >= 4 is 29.3 Å². The minimum Gasteiger partial charge on any atom is -0.444 e. The molecule has 186 valence electrons. The van der Waals surface area contributed by atoms with Crippen molar-refractivity contribution in [3.63, 3.8) is 0 Å². The molecule has 4 heterocycles. The Labute approximate surface area is 197 Å². The summed E-state index contributed by atoms with van der Waals surface area (Å²) in [5.41, 5.74) is 0.596. The van der Waals surface area contributed by atoms with Crippen LogP contribution in [0, 0.1) is 0 Å². The normalized spacial score (nSPS) is 14.2. The molecule has 1 aliphatic heterocycles. The summed E-state index contributed by atoms with van der Waals surface area (Å²) in [6.07, 6.45) is -0.399. The number of anilines is 3. The lowest BCUT2D eigenvalue weighted by atomic mass is 10.2. The highest BCUT2D eigenvalue weighted by molar-refractivity contribution is 6.06. The lowest BCUT2D eigenvalue weighted by molar-refractivity contribution is -0.115. The Morgan fingerprint density at radius 3 is 2.74 bits per heavy atom.